The molecule has 1 fully saturated rings. The predicted octanol–water partition coefficient (Wildman–Crippen LogP) is 0.933. The molecule has 15 heteroatoms. The van der Waals surface area contributed by atoms with Crippen LogP contribution in [0.2, 0.25) is 0 Å². The van der Waals surface area contributed by atoms with Gasteiger partial charge >= 0.3 is 12.1 Å². The number of nitrogens with one attached hydrogen (secondary N) is 1. The molecular formula is C16H14F3N5O5S2. The fourth-order valence-electron chi connectivity index (χ4n) is 2.87. The van der Waals surface area contributed by atoms with Gasteiger partial charge in [0.05, 0.1) is 0 Å². The van der Waals surface area contributed by atoms with Crippen molar-refractivity contribution in [2.45, 2.75) is 17.6 Å². The molecule has 1 aromatic heterocycles. The molecule has 0 radical (unpaired) electrons. The number of oxime groups is 1. The molecule has 2 aliphatic rings. The third-order valence-electron chi connectivity index (χ3n) is 4.12. The molecule has 0 aromatic carbocycles. The maximum atomic E-state index is 12.6. The number of β-lactam (4-membered cyclic amide) rings is 1. The molecule has 166 valence electrons. The van der Waals surface area contributed by atoms with Gasteiger partial charge in [-0.15, -0.1) is 23.1 Å². The number of nitrogens with two attached hydrogens (primary N) is 1. The zero-order valence-electron chi connectivity index (χ0n) is 15.5. The summed E-state index contributed by atoms with van der Waals surface area (Å²) in [7, 11) is 1.20. The zero-order valence-corrected chi connectivity index (χ0v) is 17.2. The normalized spacial score (nSPS) is 21.7. The van der Waals surface area contributed by atoms with Gasteiger partial charge in [0.25, 0.3) is 11.8 Å². The van der Waals surface area contributed by atoms with E-state index in [1.807, 2.05) is 0 Å². The van der Waals surface area contributed by atoms with Crippen molar-refractivity contribution in [1.29, 1.82) is 0 Å². The molecule has 4 N–H and O–H groups in total. The first kappa shape index (κ1) is 22.6. The number of rotatable bonds is 6. The van der Waals surface area contributed by atoms with Crippen molar-refractivity contribution in [3.8, 4) is 0 Å². The average Bonchev–Trinajstić information content (AvgIpc) is 3.12. The van der Waals surface area contributed by atoms with Crippen molar-refractivity contribution in [3.63, 3.8) is 0 Å². The molecule has 2 aliphatic heterocycles. The number of carbonyl (C=O) groups excluding carboxylic acids is 2. The van der Waals surface area contributed by atoms with Crippen LogP contribution in [0.1, 0.15) is 5.69 Å². The molecular weight excluding hydrogens is 463 g/mol. The zero-order chi connectivity index (χ0) is 22.9. The molecule has 3 heterocycles. The second-order valence-electron chi connectivity index (χ2n) is 6.11. The Balaban J connectivity index is 1.81. The minimum Gasteiger partial charge on any atom is -0.477 e. The van der Waals surface area contributed by atoms with E-state index < -0.39 is 41.1 Å². The number of fused-ring (bicyclic) bond motifs is 1. The molecule has 1 aromatic rings. The SMILES string of the molecule is CON=C(C(=O)NC1C(=O)N2C(C(=O)O)=C(C=CC(F)(F)F)CS[C@@H]12)c1csc(N)n1. The summed E-state index contributed by atoms with van der Waals surface area (Å²) in [5, 5.41) is 16.3. The van der Waals surface area contributed by atoms with Crippen molar-refractivity contribution in [2.24, 2.45) is 5.16 Å². The number of thioether (sulfide) groups is 1. The van der Waals surface area contributed by atoms with Gasteiger partial charge in [-0.25, -0.2) is 9.78 Å². The van der Waals surface area contributed by atoms with E-state index in [0.29, 0.717) is 6.08 Å². The quantitative estimate of drug-likeness (QED) is 0.312. The Kier molecular flexibility index (Phi) is 6.26. The van der Waals surface area contributed by atoms with Crippen LogP contribution in [-0.4, -0.2) is 68.9 Å². The molecule has 10 nitrogen and oxygen atoms in total. The predicted molar refractivity (Wildman–Crippen MR) is 105 cm³/mol. The number of carbonyl (C=O) groups is 3. The highest BCUT2D eigenvalue weighted by Crippen LogP contribution is 2.41. The summed E-state index contributed by atoms with van der Waals surface area (Å²) in [4.78, 5) is 46.2. The number of aliphatic carboxylic acids is 1. The molecule has 1 unspecified atom stereocenters. The van der Waals surface area contributed by atoms with Crippen LogP contribution in [0.4, 0.5) is 18.3 Å². The van der Waals surface area contributed by atoms with Gasteiger partial charge in [-0.2, -0.15) is 13.2 Å². The van der Waals surface area contributed by atoms with Crippen LogP contribution in [0.25, 0.3) is 0 Å². The minimum atomic E-state index is -4.64. The van der Waals surface area contributed by atoms with Gasteiger partial charge in [-0.1, -0.05) is 11.2 Å². The minimum absolute atomic E-state index is 0.0945. The van der Waals surface area contributed by atoms with Crippen LogP contribution in [0, 0.1) is 0 Å². The molecule has 0 spiro atoms. The van der Waals surface area contributed by atoms with Crippen molar-refractivity contribution >= 4 is 51.7 Å². The Morgan fingerprint density at radius 1 is 1.48 bits per heavy atom. The fraction of sp³-hybridized carbons (Fsp3) is 0.312. The second-order valence-corrected chi connectivity index (χ2v) is 8.10. The summed E-state index contributed by atoms with van der Waals surface area (Å²) in [5.74, 6) is -3.24. The first-order chi connectivity index (χ1) is 14.5. The number of hydrogen-bond donors (Lipinski definition) is 3. The first-order valence-electron chi connectivity index (χ1n) is 8.34. The van der Waals surface area contributed by atoms with Crippen LogP contribution >= 0.6 is 23.1 Å². The number of aromatic nitrogens is 1. The van der Waals surface area contributed by atoms with Gasteiger partial charge < -0.3 is 21.0 Å². The second kappa shape index (κ2) is 8.58. The van der Waals surface area contributed by atoms with E-state index in [4.69, 9.17) is 5.73 Å². The lowest BCUT2D eigenvalue weighted by atomic mass is 10.0. The van der Waals surface area contributed by atoms with E-state index >= 15 is 0 Å². The number of nitrogens with zero attached hydrogens (tertiary/aromatic N) is 3. The Labute approximate surface area is 180 Å². The van der Waals surface area contributed by atoms with E-state index in [0.717, 1.165) is 28.0 Å². The third-order valence-corrected chi connectivity index (χ3v) is 6.10. The van der Waals surface area contributed by atoms with E-state index in [1.165, 1.54) is 12.5 Å². The maximum absolute atomic E-state index is 12.6. The summed E-state index contributed by atoms with van der Waals surface area (Å²) in [6.07, 6.45) is -4.10. The van der Waals surface area contributed by atoms with Crippen molar-refractivity contribution in [3.05, 3.63) is 34.5 Å². The van der Waals surface area contributed by atoms with Crippen LogP contribution in [0.15, 0.2) is 34.0 Å². The lowest BCUT2D eigenvalue weighted by molar-refractivity contribution is -0.150. The van der Waals surface area contributed by atoms with Crippen LogP contribution in [0.3, 0.4) is 0 Å². The average molecular weight is 477 g/mol. The number of amides is 2. The summed E-state index contributed by atoms with van der Waals surface area (Å²) in [6.45, 7) is 0. The number of hydrogen-bond acceptors (Lipinski definition) is 9. The van der Waals surface area contributed by atoms with Crippen LogP contribution < -0.4 is 11.1 Å². The molecule has 2 amide bonds. The molecule has 1 saturated heterocycles. The van der Waals surface area contributed by atoms with Gasteiger partial charge in [-0.3, -0.25) is 14.5 Å². The highest BCUT2D eigenvalue weighted by molar-refractivity contribution is 8.00. The summed E-state index contributed by atoms with van der Waals surface area (Å²) >= 11 is 2.07. The van der Waals surface area contributed by atoms with Crippen molar-refractivity contribution in [1.82, 2.24) is 15.2 Å². The molecule has 0 aliphatic carbocycles. The maximum Gasteiger partial charge on any atom is 0.409 e. The van der Waals surface area contributed by atoms with Gasteiger partial charge in [0, 0.05) is 17.2 Å². The van der Waals surface area contributed by atoms with Gasteiger partial charge in [0.15, 0.2) is 10.8 Å². The fourth-order valence-corrected chi connectivity index (χ4v) is 4.73. The molecule has 0 bridgehead atoms. The van der Waals surface area contributed by atoms with Gasteiger partial charge in [-0.05, 0) is 5.57 Å². The number of alkyl halides is 3. The number of thiazole rings is 1. The topological polar surface area (TPSA) is 147 Å². The summed E-state index contributed by atoms with van der Waals surface area (Å²) in [6, 6.07) is -1.11. The van der Waals surface area contributed by atoms with Gasteiger partial charge in [0.1, 0.15) is 29.9 Å². The van der Waals surface area contributed by atoms with E-state index in [2.05, 4.69) is 20.3 Å². The lowest BCUT2D eigenvalue weighted by Gasteiger charge is -2.49. The molecule has 31 heavy (non-hydrogen) atoms. The Morgan fingerprint density at radius 2 is 2.19 bits per heavy atom. The van der Waals surface area contributed by atoms with Crippen LogP contribution in [0.5, 0.6) is 0 Å². The first-order valence-corrected chi connectivity index (χ1v) is 10.3. The van der Waals surface area contributed by atoms with Crippen molar-refractivity contribution in [2.75, 3.05) is 18.6 Å². The van der Waals surface area contributed by atoms with E-state index in [-0.39, 0.29) is 33.9 Å². The Bertz CT molecular complexity index is 1020. The molecule has 0 saturated carbocycles. The largest absolute Gasteiger partial charge is 0.477 e. The number of nitrogen functional groups attached to an aromatic ring is 1. The van der Waals surface area contributed by atoms with E-state index in [9.17, 15) is 32.7 Å². The monoisotopic (exact) mass is 477 g/mol. The molecule has 3 rings (SSSR count). The third kappa shape index (κ3) is 4.66. The summed E-state index contributed by atoms with van der Waals surface area (Å²) < 4.78 is 37.4. The van der Waals surface area contributed by atoms with Crippen molar-refractivity contribution < 1.29 is 37.5 Å². The highest BCUT2D eigenvalue weighted by Gasteiger charge is 2.54. The number of carboxylic acids is 1. The Hall–Kier alpha value is -3.07. The summed E-state index contributed by atoms with van der Waals surface area (Å²) in [5.41, 5.74) is 4.70. The number of allylic oxidation sites excluding steroid dienone is 2. The Morgan fingerprint density at radius 3 is 2.74 bits per heavy atom. The standard InChI is InChI=1S/C16H14F3N5O5S2/c1-29-23-8(7-5-31-15(20)21-7)11(25)22-9-12(26)24-10(14(27)28)6(4-30-13(9)24)2-3-16(17,18)19/h2-3,5,9,13H,4H2,1H3,(H2,20,21)(H,22,25)(H,27,28)/t9?,13-/m0/s1. The lowest BCUT2D eigenvalue weighted by Crippen LogP contribution is -2.71. The van der Waals surface area contributed by atoms with Gasteiger partial charge in [0.2, 0.25) is 0 Å². The molecule has 2 atom stereocenters. The van der Waals surface area contributed by atoms with Crippen LogP contribution in [-0.2, 0) is 19.2 Å². The van der Waals surface area contributed by atoms with E-state index in [1.54, 1.807) is 0 Å². The number of carboxylic acid groups (broad SMARTS) is 1. The number of halogens is 3. The highest BCUT2D eigenvalue weighted by atomic mass is 32.2. The number of anilines is 1. The smallest absolute Gasteiger partial charge is 0.409 e.